The van der Waals surface area contributed by atoms with E-state index in [4.69, 9.17) is 10.5 Å². The monoisotopic (exact) mass is 256 g/mol. The van der Waals surface area contributed by atoms with E-state index in [9.17, 15) is 0 Å². The van der Waals surface area contributed by atoms with Crippen LogP contribution in [0.3, 0.4) is 0 Å². The van der Waals surface area contributed by atoms with Crippen molar-refractivity contribution in [2.24, 2.45) is 5.73 Å². The summed E-state index contributed by atoms with van der Waals surface area (Å²) in [5, 5.41) is 3.24. The number of nitrogens with two attached hydrogens (primary N) is 1. The number of anilines is 1. The van der Waals surface area contributed by atoms with E-state index in [1.54, 1.807) is 0 Å². The average molecular weight is 256 g/mol. The smallest absolute Gasteiger partial charge is 0.121 e. The molecule has 2 aromatic rings. The second kappa shape index (κ2) is 7.44. The Morgan fingerprint density at radius 1 is 1.00 bits per heavy atom. The summed E-state index contributed by atoms with van der Waals surface area (Å²) < 4.78 is 5.76. The summed E-state index contributed by atoms with van der Waals surface area (Å²) in [7, 11) is 0. The summed E-state index contributed by atoms with van der Waals surface area (Å²) in [6.45, 7) is 2.08. The molecular formula is C16H20N2O. The molecule has 0 spiro atoms. The van der Waals surface area contributed by atoms with Crippen molar-refractivity contribution in [1.29, 1.82) is 0 Å². The Balaban J connectivity index is 1.82. The van der Waals surface area contributed by atoms with Crippen molar-refractivity contribution < 1.29 is 4.74 Å². The topological polar surface area (TPSA) is 47.3 Å². The highest BCUT2D eigenvalue weighted by molar-refractivity contribution is 5.48. The van der Waals surface area contributed by atoms with Crippen LogP contribution in [0, 0.1) is 0 Å². The molecule has 0 atom stereocenters. The third kappa shape index (κ3) is 4.64. The highest BCUT2D eigenvalue weighted by atomic mass is 16.5. The normalized spacial score (nSPS) is 10.2. The van der Waals surface area contributed by atoms with E-state index >= 15 is 0 Å². The van der Waals surface area contributed by atoms with Crippen molar-refractivity contribution in [2.45, 2.75) is 6.42 Å². The molecule has 0 bridgehead atoms. The molecular weight excluding hydrogens is 236 g/mol. The molecule has 0 aliphatic carbocycles. The molecule has 3 N–H and O–H groups in total. The quantitative estimate of drug-likeness (QED) is 0.800. The molecule has 0 aliphatic rings. The van der Waals surface area contributed by atoms with E-state index in [1.165, 1.54) is 5.56 Å². The molecule has 0 saturated heterocycles. The van der Waals surface area contributed by atoms with E-state index in [0.717, 1.165) is 24.4 Å². The molecule has 3 nitrogen and oxygen atoms in total. The Hall–Kier alpha value is -2.00. The largest absolute Gasteiger partial charge is 0.493 e. The lowest BCUT2D eigenvalue weighted by atomic mass is 10.2. The number of ether oxygens (including phenoxy) is 1. The van der Waals surface area contributed by atoms with Gasteiger partial charge in [0.1, 0.15) is 5.75 Å². The Bertz CT molecular complexity index is 485. The van der Waals surface area contributed by atoms with Gasteiger partial charge in [0.15, 0.2) is 0 Å². The standard InChI is InChI=1S/C16H20N2O/c17-10-11-18-15-7-4-8-16(13-15)19-12-9-14-5-2-1-3-6-14/h1-8,13,18H,9-12,17H2. The van der Waals surface area contributed by atoms with Gasteiger partial charge in [0.05, 0.1) is 6.61 Å². The molecule has 0 saturated carbocycles. The highest BCUT2D eigenvalue weighted by Crippen LogP contribution is 2.17. The molecule has 0 aliphatic heterocycles. The molecule has 2 rings (SSSR count). The van der Waals surface area contributed by atoms with E-state index in [-0.39, 0.29) is 0 Å². The summed E-state index contributed by atoms with van der Waals surface area (Å²) in [6.07, 6.45) is 0.918. The van der Waals surface area contributed by atoms with Gasteiger partial charge in [0.2, 0.25) is 0 Å². The molecule has 0 heterocycles. The minimum absolute atomic E-state index is 0.624. The maximum atomic E-state index is 5.76. The predicted octanol–water partition coefficient (Wildman–Crippen LogP) is 2.68. The van der Waals surface area contributed by atoms with Gasteiger partial charge in [-0.3, -0.25) is 0 Å². The first kappa shape index (κ1) is 13.4. The van der Waals surface area contributed by atoms with E-state index in [2.05, 4.69) is 17.4 Å². The maximum absolute atomic E-state index is 5.76. The number of rotatable bonds is 7. The summed E-state index contributed by atoms with van der Waals surface area (Å²) >= 11 is 0. The number of benzene rings is 2. The van der Waals surface area contributed by atoms with Crippen molar-refractivity contribution in [1.82, 2.24) is 0 Å². The lowest BCUT2D eigenvalue weighted by Crippen LogP contribution is -2.13. The van der Waals surface area contributed by atoms with Crippen molar-refractivity contribution in [3.8, 4) is 5.75 Å². The van der Waals surface area contributed by atoms with Crippen LogP contribution in [0.15, 0.2) is 54.6 Å². The van der Waals surface area contributed by atoms with Crippen molar-refractivity contribution in [2.75, 3.05) is 25.0 Å². The first-order valence-electron chi connectivity index (χ1n) is 6.59. The van der Waals surface area contributed by atoms with E-state index in [1.807, 2.05) is 42.5 Å². The summed E-state index contributed by atoms with van der Waals surface area (Å²) in [4.78, 5) is 0. The van der Waals surface area contributed by atoms with Gasteiger partial charge >= 0.3 is 0 Å². The first-order valence-corrected chi connectivity index (χ1v) is 6.59. The fourth-order valence-corrected chi connectivity index (χ4v) is 1.84. The molecule has 0 amide bonds. The number of hydrogen-bond donors (Lipinski definition) is 2. The lowest BCUT2D eigenvalue weighted by molar-refractivity contribution is 0.322. The SMILES string of the molecule is NCCNc1cccc(OCCc2ccccc2)c1. The lowest BCUT2D eigenvalue weighted by Gasteiger charge is -2.09. The van der Waals surface area contributed by atoms with Crippen molar-refractivity contribution >= 4 is 5.69 Å². The number of hydrogen-bond acceptors (Lipinski definition) is 3. The van der Waals surface area contributed by atoms with E-state index < -0.39 is 0 Å². The van der Waals surface area contributed by atoms with Crippen LogP contribution < -0.4 is 15.8 Å². The highest BCUT2D eigenvalue weighted by Gasteiger charge is 1.97. The van der Waals surface area contributed by atoms with Crippen molar-refractivity contribution in [3.63, 3.8) is 0 Å². The van der Waals surface area contributed by atoms with Gasteiger partial charge in [-0.2, -0.15) is 0 Å². The van der Waals surface area contributed by atoms with Crippen LogP contribution in [-0.2, 0) is 6.42 Å². The van der Waals surface area contributed by atoms with E-state index in [0.29, 0.717) is 13.2 Å². The molecule has 0 fully saturated rings. The van der Waals surface area contributed by atoms with Crippen LogP contribution in [0.1, 0.15) is 5.56 Å². The molecule has 0 radical (unpaired) electrons. The van der Waals surface area contributed by atoms with Crippen LogP contribution >= 0.6 is 0 Å². The Morgan fingerprint density at radius 2 is 1.84 bits per heavy atom. The summed E-state index contributed by atoms with van der Waals surface area (Å²) in [5.41, 5.74) is 7.80. The Labute approximate surface area is 114 Å². The van der Waals surface area contributed by atoms with Gasteiger partial charge in [-0.15, -0.1) is 0 Å². The van der Waals surface area contributed by atoms with Crippen LogP contribution in [0.25, 0.3) is 0 Å². The minimum atomic E-state index is 0.624. The second-order valence-electron chi connectivity index (χ2n) is 4.33. The summed E-state index contributed by atoms with van der Waals surface area (Å²) in [5.74, 6) is 0.887. The third-order valence-corrected chi connectivity index (χ3v) is 2.81. The summed E-state index contributed by atoms with van der Waals surface area (Å²) in [6, 6.07) is 18.3. The molecule has 0 unspecified atom stereocenters. The predicted molar refractivity (Wildman–Crippen MR) is 79.6 cm³/mol. The van der Waals surface area contributed by atoms with Crippen LogP contribution in [-0.4, -0.2) is 19.7 Å². The minimum Gasteiger partial charge on any atom is -0.493 e. The zero-order chi connectivity index (χ0) is 13.3. The molecule has 3 heteroatoms. The molecule has 19 heavy (non-hydrogen) atoms. The van der Waals surface area contributed by atoms with Gasteiger partial charge in [-0.25, -0.2) is 0 Å². The third-order valence-electron chi connectivity index (χ3n) is 2.81. The van der Waals surface area contributed by atoms with Gasteiger partial charge in [-0.1, -0.05) is 36.4 Å². The first-order chi connectivity index (χ1) is 9.38. The average Bonchev–Trinajstić information content (AvgIpc) is 2.47. The van der Waals surface area contributed by atoms with Gasteiger partial charge in [0.25, 0.3) is 0 Å². The van der Waals surface area contributed by atoms with Gasteiger partial charge < -0.3 is 15.8 Å². The Kier molecular flexibility index (Phi) is 5.26. The molecule has 0 aromatic heterocycles. The molecule has 2 aromatic carbocycles. The van der Waals surface area contributed by atoms with Crippen molar-refractivity contribution in [3.05, 3.63) is 60.2 Å². The van der Waals surface area contributed by atoms with Crippen LogP contribution in [0.4, 0.5) is 5.69 Å². The van der Waals surface area contributed by atoms with Gasteiger partial charge in [0, 0.05) is 31.3 Å². The zero-order valence-corrected chi connectivity index (χ0v) is 11.0. The van der Waals surface area contributed by atoms with Crippen LogP contribution in [0.2, 0.25) is 0 Å². The fourth-order valence-electron chi connectivity index (χ4n) is 1.84. The maximum Gasteiger partial charge on any atom is 0.121 e. The second-order valence-corrected chi connectivity index (χ2v) is 4.33. The number of nitrogens with one attached hydrogen (secondary N) is 1. The fraction of sp³-hybridized carbons (Fsp3) is 0.250. The molecule has 100 valence electrons. The van der Waals surface area contributed by atoms with Gasteiger partial charge in [-0.05, 0) is 17.7 Å². The Morgan fingerprint density at radius 3 is 2.63 bits per heavy atom. The van der Waals surface area contributed by atoms with Crippen LogP contribution in [0.5, 0.6) is 5.75 Å². The zero-order valence-electron chi connectivity index (χ0n) is 11.0.